The second kappa shape index (κ2) is 2.07. The van der Waals surface area contributed by atoms with Crippen molar-refractivity contribution in [2.75, 3.05) is 0 Å². The molecule has 0 amide bonds. The third-order valence-corrected chi connectivity index (χ3v) is 2.37. The molecule has 2 aromatic rings. The van der Waals surface area contributed by atoms with Gasteiger partial charge in [-0.25, -0.2) is 0 Å². The van der Waals surface area contributed by atoms with Gasteiger partial charge in [-0.3, -0.25) is 10.5 Å². The summed E-state index contributed by atoms with van der Waals surface area (Å²) < 4.78 is 0. The molecule has 2 N–H and O–H groups in total. The van der Waals surface area contributed by atoms with Crippen LogP contribution in [0.15, 0.2) is 30.5 Å². The highest BCUT2D eigenvalue weighted by Crippen LogP contribution is 2.33. The number of hydrogen-bond acceptors (Lipinski definition) is 2. The molecule has 0 atom stereocenters. The molecular formula is C10H7N3. The Hall–Kier alpha value is -1.90. The Morgan fingerprint density at radius 3 is 2.69 bits per heavy atom. The van der Waals surface area contributed by atoms with Crippen molar-refractivity contribution in [2.45, 2.75) is 0 Å². The Labute approximate surface area is 74.9 Å². The van der Waals surface area contributed by atoms with Gasteiger partial charge in [-0.15, -0.1) is 0 Å². The summed E-state index contributed by atoms with van der Waals surface area (Å²) in [6.07, 6.45) is 1.71. The molecule has 62 valence electrons. The summed E-state index contributed by atoms with van der Waals surface area (Å²) in [6.45, 7) is 0. The molecule has 0 aliphatic heterocycles. The molecule has 1 aromatic carbocycles. The smallest absolute Gasteiger partial charge is 0.0751 e. The zero-order valence-corrected chi connectivity index (χ0v) is 6.83. The number of H-pyrrole nitrogens is 1. The summed E-state index contributed by atoms with van der Waals surface area (Å²) in [4.78, 5) is 0. The van der Waals surface area contributed by atoms with Crippen molar-refractivity contribution in [1.29, 1.82) is 5.41 Å². The Morgan fingerprint density at radius 1 is 1.08 bits per heavy atom. The number of aromatic nitrogens is 2. The number of fused-ring (bicyclic) bond motifs is 3. The molecule has 1 aliphatic carbocycles. The zero-order valence-electron chi connectivity index (χ0n) is 6.83. The van der Waals surface area contributed by atoms with Gasteiger partial charge in [0, 0.05) is 16.7 Å². The first-order valence-corrected chi connectivity index (χ1v) is 4.10. The molecule has 1 aliphatic rings. The molecule has 0 radical (unpaired) electrons. The van der Waals surface area contributed by atoms with Crippen LogP contribution in [0.4, 0.5) is 0 Å². The lowest BCUT2D eigenvalue weighted by molar-refractivity contribution is 1.09. The monoisotopic (exact) mass is 169 g/mol. The lowest BCUT2D eigenvalue weighted by atomic mass is 10.1. The Bertz CT molecular complexity index is 496. The van der Waals surface area contributed by atoms with E-state index in [1.165, 1.54) is 0 Å². The van der Waals surface area contributed by atoms with E-state index in [1.807, 2.05) is 24.3 Å². The standard InChI is InChI=1S/C10H7N3/c11-9-6-3-1-2-4-7(6)10-8(9)5-12-13-10/h1-5,11H,(H,12,13). The largest absolute Gasteiger partial charge is 0.299 e. The molecule has 0 saturated carbocycles. The van der Waals surface area contributed by atoms with Crippen LogP contribution in [0.3, 0.4) is 0 Å². The molecule has 3 heteroatoms. The van der Waals surface area contributed by atoms with Crippen molar-refractivity contribution < 1.29 is 0 Å². The molecule has 0 spiro atoms. The molecule has 1 aromatic heterocycles. The SMILES string of the molecule is N=C1c2ccccc2-c2[nH]ncc21. The predicted molar refractivity (Wildman–Crippen MR) is 50.0 cm³/mol. The van der Waals surface area contributed by atoms with E-state index in [-0.39, 0.29) is 0 Å². The molecule has 0 saturated heterocycles. The minimum absolute atomic E-state index is 0.569. The highest BCUT2D eigenvalue weighted by Gasteiger charge is 2.24. The Morgan fingerprint density at radius 2 is 1.85 bits per heavy atom. The van der Waals surface area contributed by atoms with Crippen molar-refractivity contribution in [3.05, 3.63) is 41.6 Å². The summed E-state index contributed by atoms with van der Waals surface area (Å²) in [5.74, 6) is 0. The van der Waals surface area contributed by atoms with Crippen LogP contribution in [-0.2, 0) is 0 Å². The van der Waals surface area contributed by atoms with Gasteiger partial charge < -0.3 is 0 Å². The molecule has 13 heavy (non-hydrogen) atoms. The van der Waals surface area contributed by atoms with E-state index in [0.717, 1.165) is 22.4 Å². The fourth-order valence-electron chi connectivity index (χ4n) is 1.75. The van der Waals surface area contributed by atoms with Crippen molar-refractivity contribution in [3.8, 4) is 11.3 Å². The van der Waals surface area contributed by atoms with E-state index < -0.39 is 0 Å². The maximum atomic E-state index is 7.87. The van der Waals surface area contributed by atoms with Crippen LogP contribution in [0, 0.1) is 5.41 Å². The molecule has 3 rings (SSSR count). The summed E-state index contributed by atoms with van der Waals surface area (Å²) in [5.41, 5.74) is 4.52. The summed E-state index contributed by atoms with van der Waals surface area (Å²) in [6, 6.07) is 7.90. The second-order valence-corrected chi connectivity index (χ2v) is 3.08. The summed E-state index contributed by atoms with van der Waals surface area (Å²) in [7, 11) is 0. The fourth-order valence-corrected chi connectivity index (χ4v) is 1.75. The molecule has 0 unspecified atom stereocenters. The van der Waals surface area contributed by atoms with Crippen LogP contribution in [0.5, 0.6) is 0 Å². The lowest BCUT2D eigenvalue weighted by Crippen LogP contribution is -1.93. The number of rotatable bonds is 0. The minimum Gasteiger partial charge on any atom is -0.299 e. The van der Waals surface area contributed by atoms with E-state index in [1.54, 1.807) is 6.20 Å². The van der Waals surface area contributed by atoms with Gasteiger partial charge in [-0.1, -0.05) is 24.3 Å². The Kier molecular flexibility index (Phi) is 1.05. The maximum Gasteiger partial charge on any atom is 0.0751 e. The van der Waals surface area contributed by atoms with Gasteiger partial charge in [0.2, 0.25) is 0 Å². The van der Waals surface area contributed by atoms with Gasteiger partial charge in [0.05, 0.1) is 17.6 Å². The maximum absolute atomic E-state index is 7.87. The van der Waals surface area contributed by atoms with Crippen LogP contribution >= 0.6 is 0 Å². The molecule has 0 bridgehead atoms. The first-order valence-electron chi connectivity index (χ1n) is 4.10. The van der Waals surface area contributed by atoms with E-state index in [4.69, 9.17) is 5.41 Å². The van der Waals surface area contributed by atoms with Crippen LogP contribution in [0.25, 0.3) is 11.3 Å². The van der Waals surface area contributed by atoms with Gasteiger partial charge in [0.15, 0.2) is 0 Å². The van der Waals surface area contributed by atoms with Gasteiger partial charge >= 0.3 is 0 Å². The minimum atomic E-state index is 0.569. The number of hydrogen-bond donors (Lipinski definition) is 2. The average Bonchev–Trinajstić information content (AvgIpc) is 2.72. The van der Waals surface area contributed by atoms with E-state index in [9.17, 15) is 0 Å². The summed E-state index contributed by atoms with van der Waals surface area (Å²) >= 11 is 0. The van der Waals surface area contributed by atoms with Crippen LogP contribution in [-0.4, -0.2) is 15.9 Å². The first-order chi connectivity index (χ1) is 6.38. The highest BCUT2D eigenvalue weighted by atomic mass is 15.1. The number of nitrogens with zero attached hydrogens (tertiary/aromatic N) is 1. The fraction of sp³-hybridized carbons (Fsp3) is 0. The van der Waals surface area contributed by atoms with Crippen LogP contribution in [0.1, 0.15) is 11.1 Å². The van der Waals surface area contributed by atoms with Gasteiger partial charge in [-0.2, -0.15) is 5.10 Å². The predicted octanol–water partition coefficient (Wildman–Crippen LogP) is 1.81. The van der Waals surface area contributed by atoms with E-state index in [2.05, 4.69) is 10.2 Å². The third-order valence-electron chi connectivity index (χ3n) is 2.37. The van der Waals surface area contributed by atoms with Crippen LogP contribution < -0.4 is 0 Å². The normalized spacial score (nSPS) is 12.8. The topological polar surface area (TPSA) is 52.5 Å². The van der Waals surface area contributed by atoms with Crippen molar-refractivity contribution in [1.82, 2.24) is 10.2 Å². The molecule has 1 heterocycles. The lowest BCUT2D eigenvalue weighted by Gasteiger charge is -1.96. The number of aromatic amines is 1. The zero-order chi connectivity index (χ0) is 8.84. The number of nitrogens with one attached hydrogen (secondary N) is 2. The van der Waals surface area contributed by atoms with Gasteiger partial charge in [0.25, 0.3) is 0 Å². The third kappa shape index (κ3) is 0.685. The number of benzene rings is 1. The molecule has 0 fully saturated rings. The van der Waals surface area contributed by atoms with E-state index in [0.29, 0.717) is 5.71 Å². The van der Waals surface area contributed by atoms with Crippen LogP contribution in [0.2, 0.25) is 0 Å². The van der Waals surface area contributed by atoms with Crippen molar-refractivity contribution in [3.63, 3.8) is 0 Å². The second-order valence-electron chi connectivity index (χ2n) is 3.08. The highest BCUT2D eigenvalue weighted by molar-refractivity contribution is 6.22. The summed E-state index contributed by atoms with van der Waals surface area (Å²) in [5, 5.41) is 14.7. The van der Waals surface area contributed by atoms with E-state index >= 15 is 0 Å². The first kappa shape index (κ1) is 6.60. The Balaban J connectivity index is 2.43. The average molecular weight is 169 g/mol. The molecule has 3 nitrogen and oxygen atoms in total. The van der Waals surface area contributed by atoms with Gasteiger partial charge in [-0.05, 0) is 0 Å². The van der Waals surface area contributed by atoms with Crippen molar-refractivity contribution >= 4 is 5.71 Å². The quantitative estimate of drug-likeness (QED) is 0.529. The van der Waals surface area contributed by atoms with Crippen molar-refractivity contribution in [2.24, 2.45) is 0 Å². The van der Waals surface area contributed by atoms with Gasteiger partial charge in [0.1, 0.15) is 0 Å². The molecular weight excluding hydrogens is 162 g/mol.